The molecule has 1 unspecified atom stereocenters. The van der Waals surface area contributed by atoms with E-state index in [0.717, 1.165) is 42.1 Å². The zero-order valence-electron chi connectivity index (χ0n) is 22.0. The third-order valence-corrected chi connectivity index (χ3v) is 7.90. The Morgan fingerprint density at radius 2 is 2.00 bits per heavy atom. The van der Waals surface area contributed by atoms with Crippen LogP contribution >= 0.6 is 11.6 Å². The van der Waals surface area contributed by atoms with E-state index >= 15 is 0 Å². The van der Waals surface area contributed by atoms with Gasteiger partial charge in [0.2, 0.25) is 0 Å². The Kier molecular flexibility index (Phi) is 6.77. The van der Waals surface area contributed by atoms with Gasteiger partial charge in [-0.3, -0.25) is 0 Å². The van der Waals surface area contributed by atoms with Gasteiger partial charge in [0, 0.05) is 30.1 Å². The van der Waals surface area contributed by atoms with Crippen molar-refractivity contribution < 1.29 is 23.8 Å². The minimum absolute atomic E-state index is 0.00733. The summed E-state index contributed by atoms with van der Waals surface area (Å²) in [5.74, 6) is 0.340. The maximum absolute atomic E-state index is 12.9. The molecule has 2 heterocycles. The molecular weight excluding hydrogens is 492 g/mol. The van der Waals surface area contributed by atoms with E-state index in [1.807, 2.05) is 43.9 Å². The maximum Gasteiger partial charge on any atom is 0.410 e. The first kappa shape index (κ1) is 25.7. The molecule has 2 aliphatic heterocycles. The number of nitrogens with zero attached hydrogens (tertiary/aromatic N) is 2. The molecule has 2 aromatic carbocycles. The Bertz CT molecular complexity index is 1210. The molecule has 0 aromatic heterocycles. The monoisotopic (exact) mass is 526 g/mol. The fourth-order valence-electron chi connectivity index (χ4n) is 5.80. The van der Waals surface area contributed by atoms with Crippen LogP contribution in [0.15, 0.2) is 36.4 Å². The van der Waals surface area contributed by atoms with Crippen LogP contribution in [0.2, 0.25) is 5.02 Å². The molecule has 0 bridgehead atoms. The summed E-state index contributed by atoms with van der Waals surface area (Å²) < 4.78 is 17.1. The normalized spacial score (nSPS) is 22.8. The van der Waals surface area contributed by atoms with Crippen molar-refractivity contribution >= 4 is 29.4 Å². The quantitative estimate of drug-likeness (QED) is 0.484. The summed E-state index contributed by atoms with van der Waals surface area (Å²) in [5, 5.41) is 0.746. The van der Waals surface area contributed by atoms with Gasteiger partial charge in [0.15, 0.2) is 0 Å². The molecule has 1 saturated heterocycles. The summed E-state index contributed by atoms with van der Waals surface area (Å²) in [7, 11) is 1.38. The number of ether oxygens (including phenoxy) is 3. The van der Waals surface area contributed by atoms with Crippen molar-refractivity contribution in [3.8, 4) is 5.75 Å². The van der Waals surface area contributed by atoms with Crippen molar-refractivity contribution in [1.29, 1.82) is 0 Å². The first-order chi connectivity index (χ1) is 17.6. The van der Waals surface area contributed by atoms with Gasteiger partial charge in [0.25, 0.3) is 0 Å². The fraction of sp³-hybridized carbons (Fsp3) is 0.517. The smallest absolute Gasteiger partial charge is 0.410 e. The lowest BCUT2D eigenvalue weighted by atomic mass is 9.70. The summed E-state index contributed by atoms with van der Waals surface area (Å²) in [5.41, 5.74) is 3.07. The second kappa shape index (κ2) is 9.75. The van der Waals surface area contributed by atoms with Crippen LogP contribution in [0.25, 0.3) is 0 Å². The number of anilines is 1. The molecule has 1 aliphatic carbocycles. The molecule has 7 nitrogen and oxygen atoms in total. The average Bonchev–Trinajstić information content (AvgIpc) is 2.97. The lowest BCUT2D eigenvalue weighted by Gasteiger charge is -2.46. The number of methoxy groups -OCH3 is 1. The van der Waals surface area contributed by atoms with Crippen LogP contribution in [0.3, 0.4) is 0 Å². The van der Waals surface area contributed by atoms with Gasteiger partial charge in [-0.2, -0.15) is 0 Å². The first-order valence-electron chi connectivity index (χ1n) is 13.0. The Morgan fingerprint density at radius 1 is 1.19 bits per heavy atom. The van der Waals surface area contributed by atoms with Crippen LogP contribution in [0, 0.1) is 0 Å². The lowest BCUT2D eigenvalue weighted by Crippen LogP contribution is -2.58. The van der Waals surface area contributed by atoms with E-state index in [1.54, 1.807) is 6.07 Å². The summed E-state index contributed by atoms with van der Waals surface area (Å²) in [4.78, 5) is 29.3. The third-order valence-electron chi connectivity index (χ3n) is 7.66. The van der Waals surface area contributed by atoms with E-state index in [0.29, 0.717) is 31.8 Å². The van der Waals surface area contributed by atoms with E-state index in [9.17, 15) is 9.59 Å². The van der Waals surface area contributed by atoms with Crippen molar-refractivity contribution in [3.05, 3.63) is 58.1 Å². The highest BCUT2D eigenvalue weighted by Gasteiger charge is 2.44. The zero-order chi connectivity index (χ0) is 26.4. The Morgan fingerprint density at radius 3 is 2.70 bits per heavy atom. The van der Waals surface area contributed by atoms with Gasteiger partial charge in [-0.15, -0.1) is 0 Å². The number of rotatable bonds is 3. The molecular formula is C29H35ClN2O5. The highest BCUT2D eigenvalue weighted by molar-refractivity contribution is 6.30. The number of halogens is 1. The number of hydrogen-bond acceptors (Lipinski definition) is 6. The summed E-state index contributed by atoms with van der Waals surface area (Å²) >= 11 is 6.35. The van der Waals surface area contributed by atoms with Crippen LogP contribution < -0.4 is 9.64 Å². The van der Waals surface area contributed by atoms with Crippen molar-refractivity contribution in [2.24, 2.45) is 0 Å². The van der Waals surface area contributed by atoms with Gasteiger partial charge >= 0.3 is 12.1 Å². The first-order valence-corrected chi connectivity index (χ1v) is 13.3. The van der Waals surface area contributed by atoms with E-state index in [1.165, 1.54) is 18.2 Å². The molecule has 3 aliphatic rings. The topological polar surface area (TPSA) is 68.3 Å². The number of fused-ring (bicyclic) bond motifs is 3. The number of aryl methyl sites for hydroxylation is 1. The standard InChI is InChI=1S/C29H35ClN2O5/c1-28(2,3)37-27(34)32-13-11-22(32)16-31-17-29(12-5-6-19-14-21(30)8-9-23(19)29)18-36-25-10-7-20(15-24(25)31)26(33)35-4/h7-10,14-15,22H,5-6,11-13,16-18H2,1-4H3/t22?,29-/m0/s1. The fourth-order valence-corrected chi connectivity index (χ4v) is 6.00. The van der Waals surface area contributed by atoms with Gasteiger partial charge in [-0.25, -0.2) is 9.59 Å². The van der Waals surface area contributed by atoms with Crippen molar-refractivity contribution in [2.45, 2.75) is 63.5 Å². The average molecular weight is 527 g/mol. The highest BCUT2D eigenvalue weighted by Crippen LogP contribution is 2.45. The van der Waals surface area contributed by atoms with Crippen LogP contribution in [0.1, 0.15) is 61.5 Å². The molecule has 1 amide bonds. The second-order valence-electron chi connectivity index (χ2n) is 11.4. The number of carbonyl (C=O) groups excluding carboxylic acids is 2. The Hall–Kier alpha value is -2.93. The minimum Gasteiger partial charge on any atom is -0.490 e. The summed E-state index contributed by atoms with van der Waals surface area (Å²) in [6.45, 7) is 8.17. The van der Waals surface area contributed by atoms with Crippen LogP contribution in [-0.4, -0.2) is 62.0 Å². The molecule has 1 spiro atoms. The molecule has 0 radical (unpaired) electrons. The maximum atomic E-state index is 12.9. The van der Waals surface area contributed by atoms with E-state index in [2.05, 4.69) is 17.0 Å². The molecule has 198 valence electrons. The number of hydrogen-bond donors (Lipinski definition) is 0. The van der Waals surface area contributed by atoms with Gasteiger partial charge in [-0.05, 0) is 87.9 Å². The van der Waals surface area contributed by atoms with E-state index in [-0.39, 0.29) is 17.6 Å². The largest absolute Gasteiger partial charge is 0.490 e. The van der Waals surface area contributed by atoms with Gasteiger partial charge < -0.3 is 24.0 Å². The lowest BCUT2D eigenvalue weighted by molar-refractivity contribution is -0.00389. The van der Waals surface area contributed by atoms with Crippen molar-refractivity contribution in [3.63, 3.8) is 0 Å². The van der Waals surface area contributed by atoms with Gasteiger partial charge in [0.05, 0.1) is 31.0 Å². The van der Waals surface area contributed by atoms with Crippen LogP contribution in [0.5, 0.6) is 5.75 Å². The number of amides is 1. The zero-order valence-corrected chi connectivity index (χ0v) is 22.8. The summed E-state index contributed by atoms with van der Waals surface area (Å²) in [6, 6.07) is 11.6. The number of benzene rings is 2. The molecule has 37 heavy (non-hydrogen) atoms. The predicted octanol–water partition coefficient (Wildman–Crippen LogP) is 5.61. The van der Waals surface area contributed by atoms with Gasteiger partial charge in [0.1, 0.15) is 11.4 Å². The minimum atomic E-state index is -0.549. The number of carbonyl (C=O) groups is 2. The molecule has 2 atom stereocenters. The third kappa shape index (κ3) is 5.11. The van der Waals surface area contributed by atoms with Crippen LogP contribution in [-0.2, 0) is 21.3 Å². The SMILES string of the molecule is COC(=O)c1ccc2c(c1)N(CC1CCN1C(=O)OC(C)(C)C)C[C@@]1(CCCc3cc(Cl)ccc31)CO2. The van der Waals surface area contributed by atoms with Gasteiger partial charge in [-0.1, -0.05) is 17.7 Å². The van der Waals surface area contributed by atoms with E-state index < -0.39 is 11.6 Å². The summed E-state index contributed by atoms with van der Waals surface area (Å²) in [6.07, 6.45) is 3.62. The highest BCUT2D eigenvalue weighted by atomic mass is 35.5. The predicted molar refractivity (Wildman–Crippen MR) is 143 cm³/mol. The van der Waals surface area contributed by atoms with E-state index in [4.69, 9.17) is 25.8 Å². The Balaban J connectivity index is 1.50. The number of esters is 1. The number of likely N-dealkylation sites (tertiary alicyclic amines) is 1. The molecule has 0 N–H and O–H groups in total. The Labute approximate surface area is 223 Å². The molecule has 1 fully saturated rings. The molecule has 0 saturated carbocycles. The molecule has 8 heteroatoms. The van der Waals surface area contributed by atoms with Crippen LogP contribution in [0.4, 0.5) is 10.5 Å². The van der Waals surface area contributed by atoms with Crippen molar-refractivity contribution in [2.75, 3.05) is 38.3 Å². The van der Waals surface area contributed by atoms with Crippen molar-refractivity contribution in [1.82, 2.24) is 4.90 Å². The molecule has 2 aromatic rings. The molecule has 5 rings (SSSR count). The second-order valence-corrected chi connectivity index (χ2v) is 11.8.